The van der Waals surface area contributed by atoms with Crippen molar-refractivity contribution in [2.24, 2.45) is 0 Å². The molecule has 0 unspecified atom stereocenters. The van der Waals surface area contributed by atoms with E-state index in [1.807, 2.05) is 36.4 Å². The molecule has 0 atom stereocenters. The topological polar surface area (TPSA) is 94.6 Å². The van der Waals surface area contributed by atoms with E-state index in [-0.39, 0.29) is 13.2 Å². The molecule has 3 aromatic rings. The largest absolute Gasteiger partial charge is 0.493 e. The van der Waals surface area contributed by atoms with Gasteiger partial charge in [-0.1, -0.05) is 24.3 Å². The second-order valence-electron chi connectivity index (χ2n) is 5.81. The van der Waals surface area contributed by atoms with E-state index in [9.17, 15) is 4.79 Å². The highest BCUT2D eigenvalue weighted by molar-refractivity contribution is 5.87. The molecule has 0 saturated carbocycles. The predicted octanol–water partition coefficient (Wildman–Crippen LogP) is 4.01. The third-order valence-electron chi connectivity index (χ3n) is 3.83. The van der Waals surface area contributed by atoms with Crippen molar-refractivity contribution in [3.05, 3.63) is 72.1 Å². The van der Waals surface area contributed by atoms with Gasteiger partial charge in [0.2, 0.25) is 5.89 Å². The number of benzene rings is 2. The van der Waals surface area contributed by atoms with E-state index in [2.05, 4.69) is 4.98 Å². The number of rotatable bonds is 8. The zero-order valence-corrected chi connectivity index (χ0v) is 15.7. The van der Waals surface area contributed by atoms with Crippen molar-refractivity contribution < 1.29 is 23.4 Å². The van der Waals surface area contributed by atoms with Gasteiger partial charge in [-0.05, 0) is 35.9 Å². The highest BCUT2D eigenvalue weighted by Crippen LogP contribution is 2.28. The molecule has 0 N–H and O–H groups in total. The quantitative estimate of drug-likeness (QED) is 0.424. The van der Waals surface area contributed by atoms with Crippen LogP contribution in [-0.4, -0.2) is 24.7 Å². The van der Waals surface area contributed by atoms with E-state index in [1.54, 1.807) is 24.3 Å². The molecular weight excluding hydrogens is 372 g/mol. The van der Waals surface area contributed by atoms with E-state index in [4.69, 9.17) is 23.9 Å². The molecule has 0 aliphatic carbocycles. The highest BCUT2D eigenvalue weighted by atomic mass is 16.5. The molecule has 2 aromatic carbocycles. The number of aromatic nitrogens is 1. The molecule has 7 heteroatoms. The maximum absolute atomic E-state index is 12.0. The molecule has 1 aromatic heterocycles. The molecule has 0 amide bonds. The van der Waals surface area contributed by atoms with Gasteiger partial charge in [-0.2, -0.15) is 5.26 Å². The van der Waals surface area contributed by atoms with Gasteiger partial charge in [0.1, 0.15) is 24.6 Å². The van der Waals surface area contributed by atoms with Crippen molar-refractivity contribution >= 4 is 12.0 Å². The van der Waals surface area contributed by atoms with Crippen molar-refractivity contribution in [3.8, 4) is 29.0 Å². The second kappa shape index (κ2) is 9.76. The Hall–Kier alpha value is -4.05. The minimum atomic E-state index is -0.516. The summed E-state index contributed by atoms with van der Waals surface area (Å²) in [5, 5.41) is 8.59. The van der Waals surface area contributed by atoms with E-state index in [1.165, 1.54) is 19.4 Å². The van der Waals surface area contributed by atoms with Gasteiger partial charge < -0.3 is 18.6 Å². The zero-order chi connectivity index (χ0) is 20.5. The molecule has 0 radical (unpaired) electrons. The molecule has 146 valence electrons. The van der Waals surface area contributed by atoms with E-state index < -0.39 is 5.97 Å². The average Bonchev–Trinajstić information content (AvgIpc) is 3.24. The van der Waals surface area contributed by atoms with E-state index in [0.717, 1.165) is 11.1 Å². The third kappa shape index (κ3) is 5.47. The van der Waals surface area contributed by atoms with Gasteiger partial charge in [-0.15, -0.1) is 0 Å². The summed E-state index contributed by atoms with van der Waals surface area (Å²) < 4.78 is 21.1. The Kier molecular flexibility index (Phi) is 6.63. The Morgan fingerprint density at radius 3 is 2.79 bits per heavy atom. The molecule has 0 fully saturated rings. The van der Waals surface area contributed by atoms with Crippen LogP contribution in [0.1, 0.15) is 11.3 Å². The Bertz CT molecular complexity index is 1030. The Balaban J connectivity index is 1.56. The molecule has 0 bridgehead atoms. The lowest BCUT2D eigenvalue weighted by Gasteiger charge is -2.08. The van der Waals surface area contributed by atoms with Crippen LogP contribution in [0.3, 0.4) is 0 Å². The van der Waals surface area contributed by atoms with Gasteiger partial charge in [0.25, 0.3) is 0 Å². The number of nitriles is 1. The van der Waals surface area contributed by atoms with Gasteiger partial charge in [-0.25, -0.2) is 9.78 Å². The summed E-state index contributed by atoms with van der Waals surface area (Å²) in [5.74, 6) is 0.872. The van der Waals surface area contributed by atoms with E-state index >= 15 is 0 Å². The first-order chi connectivity index (χ1) is 14.2. The molecule has 0 aliphatic heterocycles. The number of hydrogen-bond donors (Lipinski definition) is 0. The van der Waals surface area contributed by atoms with E-state index in [0.29, 0.717) is 23.1 Å². The second-order valence-corrected chi connectivity index (χ2v) is 5.81. The standard InChI is InChI=1S/C22H18N2O5/c1-26-20-13-16(7-9-19(20)27-12-11-23)8-10-21(25)28-14-18-15-29-22(24-18)17-5-3-2-4-6-17/h2-10,13,15H,12,14H2,1H3/b10-8+. The summed E-state index contributed by atoms with van der Waals surface area (Å²) in [5.41, 5.74) is 2.09. The van der Waals surface area contributed by atoms with Crippen LogP contribution in [0, 0.1) is 11.3 Å². The van der Waals surface area contributed by atoms with Crippen LogP contribution in [0.5, 0.6) is 11.5 Å². The highest BCUT2D eigenvalue weighted by Gasteiger charge is 2.08. The maximum atomic E-state index is 12.0. The molecular formula is C22H18N2O5. The smallest absolute Gasteiger partial charge is 0.331 e. The lowest BCUT2D eigenvalue weighted by Crippen LogP contribution is -2.01. The summed E-state index contributed by atoms with van der Waals surface area (Å²) >= 11 is 0. The van der Waals surface area contributed by atoms with Crippen LogP contribution in [0.15, 0.2) is 65.3 Å². The summed E-state index contributed by atoms with van der Waals surface area (Å²) in [6.45, 7) is -0.0737. The molecule has 7 nitrogen and oxygen atoms in total. The molecule has 29 heavy (non-hydrogen) atoms. The van der Waals surface area contributed by atoms with Crippen molar-refractivity contribution in [3.63, 3.8) is 0 Å². The number of oxazole rings is 1. The van der Waals surface area contributed by atoms with Crippen LogP contribution in [0.4, 0.5) is 0 Å². The number of ether oxygens (including phenoxy) is 3. The fourth-order valence-corrected chi connectivity index (χ4v) is 2.46. The van der Waals surface area contributed by atoms with Gasteiger partial charge in [0.15, 0.2) is 18.1 Å². The number of methoxy groups -OCH3 is 1. The number of nitrogens with zero attached hydrogens (tertiary/aromatic N) is 2. The number of esters is 1. The minimum absolute atomic E-state index is 0.00374. The summed E-state index contributed by atoms with van der Waals surface area (Å²) in [6.07, 6.45) is 4.37. The predicted molar refractivity (Wildman–Crippen MR) is 105 cm³/mol. The number of carbonyl (C=O) groups is 1. The van der Waals surface area contributed by atoms with Crippen molar-refractivity contribution in [1.82, 2.24) is 4.98 Å². The minimum Gasteiger partial charge on any atom is -0.493 e. The summed E-state index contributed by atoms with van der Waals surface area (Å²) in [7, 11) is 1.50. The summed E-state index contributed by atoms with van der Waals surface area (Å²) in [6, 6.07) is 16.5. The maximum Gasteiger partial charge on any atom is 0.331 e. The number of hydrogen-bond acceptors (Lipinski definition) is 7. The molecule has 1 heterocycles. The SMILES string of the molecule is COc1cc(/C=C/C(=O)OCc2coc(-c3ccccc3)n2)ccc1OCC#N. The van der Waals surface area contributed by atoms with Gasteiger partial charge in [0, 0.05) is 11.6 Å². The van der Waals surface area contributed by atoms with Gasteiger partial charge in [-0.3, -0.25) is 0 Å². The normalized spacial score (nSPS) is 10.5. The lowest BCUT2D eigenvalue weighted by molar-refractivity contribution is -0.139. The zero-order valence-electron chi connectivity index (χ0n) is 15.7. The average molecular weight is 390 g/mol. The van der Waals surface area contributed by atoms with Crippen molar-refractivity contribution in [2.75, 3.05) is 13.7 Å². The van der Waals surface area contributed by atoms with Crippen LogP contribution < -0.4 is 9.47 Å². The lowest BCUT2D eigenvalue weighted by atomic mass is 10.2. The first kappa shape index (κ1) is 19.7. The van der Waals surface area contributed by atoms with Crippen LogP contribution in [0.2, 0.25) is 0 Å². The Morgan fingerprint density at radius 2 is 2.03 bits per heavy atom. The Morgan fingerprint density at radius 1 is 1.21 bits per heavy atom. The fraction of sp³-hybridized carbons (Fsp3) is 0.136. The number of carbonyl (C=O) groups excluding carboxylic acids is 1. The van der Waals surface area contributed by atoms with Crippen molar-refractivity contribution in [1.29, 1.82) is 5.26 Å². The molecule has 0 aliphatic rings. The first-order valence-electron chi connectivity index (χ1n) is 8.72. The molecule has 0 saturated heterocycles. The van der Waals surface area contributed by atoms with Gasteiger partial charge in [0.05, 0.1) is 7.11 Å². The molecule has 3 rings (SSSR count). The fourth-order valence-electron chi connectivity index (χ4n) is 2.46. The third-order valence-corrected chi connectivity index (χ3v) is 3.83. The first-order valence-corrected chi connectivity index (χ1v) is 8.72. The van der Waals surface area contributed by atoms with Crippen LogP contribution in [-0.2, 0) is 16.1 Å². The van der Waals surface area contributed by atoms with Gasteiger partial charge >= 0.3 is 5.97 Å². The van der Waals surface area contributed by atoms with Crippen LogP contribution in [0.25, 0.3) is 17.5 Å². The van der Waals surface area contributed by atoms with Crippen LogP contribution >= 0.6 is 0 Å². The van der Waals surface area contributed by atoms with Crippen molar-refractivity contribution in [2.45, 2.75) is 6.61 Å². The monoisotopic (exact) mass is 390 g/mol. The Labute approximate surface area is 167 Å². The summed E-state index contributed by atoms with van der Waals surface area (Å²) in [4.78, 5) is 16.3. The molecule has 0 spiro atoms.